The van der Waals surface area contributed by atoms with Crippen molar-refractivity contribution in [3.8, 4) is 0 Å². The minimum atomic E-state index is -0.172. The predicted molar refractivity (Wildman–Crippen MR) is 76.4 cm³/mol. The summed E-state index contributed by atoms with van der Waals surface area (Å²) in [5.41, 5.74) is 6.46. The van der Waals surface area contributed by atoms with Crippen molar-refractivity contribution in [3.05, 3.63) is 17.7 Å². The van der Waals surface area contributed by atoms with Crippen LogP contribution in [0.4, 0.5) is 5.69 Å². The van der Waals surface area contributed by atoms with Gasteiger partial charge in [-0.2, -0.15) is 0 Å². The number of hydrogen-bond donors (Lipinski definition) is 1. The average Bonchev–Trinajstić information content (AvgIpc) is 2.83. The normalized spacial score (nSPS) is 22.2. The van der Waals surface area contributed by atoms with E-state index in [1.54, 1.807) is 11.9 Å². The van der Waals surface area contributed by atoms with Crippen LogP contribution in [0.5, 0.6) is 0 Å². The van der Waals surface area contributed by atoms with Crippen molar-refractivity contribution in [1.82, 2.24) is 14.9 Å². The van der Waals surface area contributed by atoms with Crippen LogP contribution >= 0.6 is 0 Å². The lowest BCUT2D eigenvalue weighted by atomic mass is 10.1. The van der Waals surface area contributed by atoms with E-state index in [4.69, 9.17) is 10.5 Å². The molecule has 1 fully saturated rings. The van der Waals surface area contributed by atoms with Crippen LogP contribution in [-0.2, 0) is 4.74 Å². The Kier molecular flexibility index (Phi) is 4.23. The molecule has 0 aliphatic carbocycles. The lowest BCUT2D eigenvalue weighted by molar-refractivity contribution is 0.0570. The third-order valence-corrected chi connectivity index (χ3v) is 3.71. The summed E-state index contributed by atoms with van der Waals surface area (Å²) in [6, 6.07) is 0.0689. The highest BCUT2D eigenvalue weighted by Gasteiger charge is 2.32. The molecule has 1 aromatic rings. The van der Waals surface area contributed by atoms with Crippen LogP contribution in [0.1, 0.15) is 49.4 Å². The number of hydrogen-bond acceptors (Lipinski definition) is 5. The second kappa shape index (κ2) is 5.75. The van der Waals surface area contributed by atoms with E-state index in [-0.39, 0.29) is 29.7 Å². The standard InChI is InChI=1S/C14H22N4O2/c1-8(2)13-16-7-10(15)12(17-13)14(19)18(4)11-5-6-20-9(11)3/h7-9,11H,5-6,15H2,1-4H3. The molecule has 0 bridgehead atoms. The molecule has 0 aromatic carbocycles. The molecule has 2 N–H and O–H groups in total. The molecule has 6 nitrogen and oxygen atoms in total. The van der Waals surface area contributed by atoms with Crippen LogP contribution in [-0.4, -0.2) is 46.6 Å². The summed E-state index contributed by atoms with van der Waals surface area (Å²) in [5.74, 6) is 0.613. The molecule has 0 radical (unpaired) electrons. The number of likely N-dealkylation sites (N-methyl/N-ethyl adjacent to an activating group) is 1. The summed E-state index contributed by atoms with van der Waals surface area (Å²) >= 11 is 0. The molecular weight excluding hydrogens is 256 g/mol. The van der Waals surface area contributed by atoms with Crippen molar-refractivity contribution in [2.75, 3.05) is 19.4 Å². The lowest BCUT2D eigenvalue weighted by Gasteiger charge is -2.26. The Bertz CT molecular complexity index is 504. The van der Waals surface area contributed by atoms with Crippen molar-refractivity contribution in [1.29, 1.82) is 0 Å². The fraction of sp³-hybridized carbons (Fsp3) is 0.643. The first-order valence-corrected chi connectivity index (χ1v) is 6.93. The summed E-state index contributed by atoms with van der Waals surface area (Å²) in [7, 11) is 1.77. The van der Waals surface area contributed by atoms with Gasteiger partial charge in [-0.05, 0) is 13.3 Å². The summed E-state index contributed by atoms with van der Waals surface area (Å²) < 4.78 is 5.51. The maximum atomic E-state index is 12.6. The van der Waals surface area contributed by atoms with E-state index in [0.717, 1.165) is 6.42 Å². The van der Waals surface area contributed by atoms with Crippen molar-refractivity contribution in [2.24, 2.45) is 0 Å². The molecular formula is C14H22N4O2. The first-order chi connectivity index (χ1) is 9.41. The largest absolute Gasteiger partial charge is 0.396 e. The number of nitrogens with two attached hydrogens (primary N) is 1. The summed E-state index contributed by atoms with van der Waals surface area (Å²) in [6.45, 7) is 6.62. The van der Waals surface area contributed by atoms with Gasteiger partial charge in [-0.1, -0.05) is 13.8 Å². The minimum absolute atomic E-state index is 0.0385. The number of carbonyl (C=O) groups is 1. The highest BCUT2D eigenvalue weighted by molar-refractivity contribution is 5.97. The van der Waals surface area contributed by atoms with Crippen LogP contribution in [0, 0.1) is 0 Å². The van der Waals surface area contributed by atoms with Gasteiger partial charge in [0.2, 0.25) is 0 Å². The van der Waals surface area contributed by atoms with Gasteiger partial charge in [0.25, 0.3) is 5.91 Å². The topological polar surface area (TPSA) is 81.3 Å². The number of nitrogen functional groups attached to an aromatic ring is 1. The van der Waals surface area contributed by atoms with Crippen LogP contribution in [0.15, 0.2) is 6.20 Å². The molecule has 2 rings (SSSR count). The molecule has 2 unspecified atom stereocenters. The first-order valence-electron chi connectivity index (χ1n) is 6.93. The van der Waals surface area contributed by atoms with Gasteiger partial charge in [0.1, 0.15) is 5.82 Å². The highest BCUT2D eigenvalue weighted by Crippen LogP contribution is 2.21. The number of amides is 1. The molecule has 0 saturated carbocycles. The molecule has 2 atom stereocenters. The Balaban J connectivity index is 2.26. The smallest absolute Gasteiger partial charge is 0.274 e. The Labute approximate surface area is 119 Å². The van der Waals surface area contributed by atoms with Crippen LogP contribution in [0.25, 0.3) is 0 Å². The Morgan fingerprint density at radius 3 is 2.80 bits per heavy atom. The summed E-state index contributed by atoms with van der Waals surface area (Å²) in [6.07, 6.45) is 2.39. The number of aromatic nitrogens is 2. The molecule has 1 aromatic heterocycles. The zero-order valence-corrected chi connectivity index (χ0v) is 12.5. The van der Waals surface area contributed by atoms with Gasteiger partial charge in [-0.15, -0.1) is 0 Å². The van der Waals surface area contributed by atoms with Crippen LogP contribution in [0.3, 0.4) is 0 Å². The van der Waals surface area contributed by atoms with Gasteiger partial charge < -0.3 is 15.4 Å². The van der Waals surface area contributed by atoms with Gasteiger partial charge in [-0.25, -0.2) is 9.97 Å². The third kappa shape index (κ3) is 2.75. The van der Waals surface area contributed by atoms with Gasteiger partial charge in [0, 0.05) is 19.6 Å². The van der Waals surface area contributed by atoms with E-state index in [2.05, 4.69) is 9.97 Å². The SMILES string of the molecule is CC(C)c1ncc(N)c(C(=O)N(C)C2CCOC2C)n1. The molecule has 20 heavy (non-hydrogen) atoms. The fourth-order valence-electron chi connectivity index (χ4n) is 2.40. The average molecular weight is 278 g/mol. The molecule has 1 amide bonds. The zero-order valence-electron chi connectivity index (χ0n) is 12.5. The molecule has 1 aliphatic rings. The maximum absolute atomic E-state index is 12.6. The van der Waals surface area contributed by atoms with E-state index < -0.39 is 0 Å². The molecule has 110 valence electrons. The first kappa shape index (κ1) is 14.7. The van der Waals surface area contributed by atoms with E-state index in [9.17, 15) is 4.79 Å². The number of carbonyl (C=O) groups excluding carboxylic acids is 1. The van der Waals surface area contributed by atoms with Crippen molar-refractivity contribution in [3.63, 3.8) is 0 Å². The Morgan fingerprint density at radius 2 is 2.25 bits per heavy atom. The maximum Gasteiger partial charge on any atom is 0.274 e. The number of nitrogens with zero attached hydrogens (tertiary/aromatic N) is 3. The highest BCUT2D eigenvalue weighted by atomic mass is 16.5. The zero-order chi connectivity index (χ0) is 14.9. The predicted octanol–water partition coefficient (Wildman–Crippen LogP) is 1.43. The summed E-state index contributed by atoms with van der Waals surface area (Å²) in [4.78, 5) is 22.7. The van der Waals surface area contributed by atoms with Gasteiger partial charge >= 0.3 is 0 Å². The molecule has 1 aliphatic heterocycles. The number of anilines is 1. The molecule has 1 saturated heterocycles. The van der Waals surface area contributed by atoms with Crippen molar-refractivity contribution >= 4 is 11.6 Å². The van der Waals surface area contributed by atoms with Gasteiger partial charge in [0.15, 0.2) is 5.69 Å². The van der Waals surface area contributed by atoms with E-state index in [1.165, 1.54) is 6.20 Å². The van der Waals surface area contributed by atoms with Crippen molar-refractivity contribution < 1.29 is 9.53 Å². The van der Waals surface area contributed by atoms with Gasteiger partial charge in [0.05, 0.1) is 24.0 Å². The van der Waals surface area contributed by atoms with Gasteiger partial charge in [-0.3, -0.25) is 4.79 Å². The number of ether oxygens (including phenoxy) is 1. The molecule has 2 heterocycles. The lowest BCUT2D eigenvalue weighted by Crippen LogP contribution is -2.41. The van der Waals surface area contributed by atoms with E-state index >= 15 is 0 Å². The molecule has 6 heteroatoms. The quantitative estimate of drug-likeness (QED) is 0.904. The second-order valence-corrected chi connectivity index (χ2v) is 5.53. The Hall–Kier alpha value is -1.69. The third-order valence-electron chi connectivity index (χ3n) is 3.71. The molecule has 0 spiro atoms. The Morgan fingerprint density at radius 1 is 1.55 bits per heavy atom. The fourth-order valence-corrected chi connectivity index (χ4v) is 2.40. The summed E-state index contributed by atoms with van der Waals surface area (Å²) in [5, 5.41) is 0. The van der Waals surface area contributed by atoms with Crippen molar-refractivity contribution in [2.45, 2.75) is 45.3 Å². The monoisotopic (exact) mass is 278 g/mol. The number of rotatable bonds is 3. The van der Waals surface area contributed by atoms with Crippen LogP contribution < -0.4 is 5.73 Å². The van der Waals surface area contributed by atoms with E-state index in [0.29, 0.717) is 18.1 Å². The van der Waals surface area contributed by atoms with E-state index in [1.807, 2.05) is 20.8 Å². The second-order valence-electron chi connectivity index (χ2n) is 5.53. The van der Waals surface area contributed by atoms with Crippen LogP contribution in [0.2, 0.25) is 0 Å². The minimum Gasteiger partial charge on any atom is -0.396 e.